The molecule has 1 aromatic rings. The summed E-state index contributed by atoms with van der Waals surface area (Å²) in [6, 6.07) is 1.98. The van der Waals surface area contributed by atoms with Crippen molar-refractivity contribution in [3.63, 3.8) is 0 Å². The molecule has 3 rings (SSSR count). The van der Waals surface area contributed by atoms with Crippen LogP contribution in [0.3, 0.4) is 0 Å². The number of likely N-dealkylation sites (tertiary alicyclic amines) is 1. The zero-order valence-electron chi connectivity index (χ0n) is 10.3. The van der Waals surface area contributed by atoms with Crippen LogP contribution in [-0.4, -0.2) is 34.9 Å². The Labute approximate surface area is 102 Å². The van der Waals surface area contributed by atoms with Crippen molar-refractivity contribution in [3.8, 4) is 0 Å². The van der Waals surface area contributed by atoms with Gasteiger partial charge in [0.05, 0.1) is 0 Å². The second kappa shape index (κ2) is 4.65. The molecule has 0 N–H and O–H groups in total. The molecule has 2 fully saturated rings. The monoisotopic (exact) mass is 232 g/mol. The molecular weight excluding hydrogens is 212 g/mol. The molecule has 0 bridgehead atoms. The molecule has 3 nitrogen and oxygen atoms in total. The first-order valence-corrected chi connectivity index (χ1v) is 6.75. The molecule has 92 valence electrons. The van der Waals surface area contributed by atoms with Crippen molar-refractivity contribution in [2.24, 2.45) is 5.92 Å². The summed E-state index contributed by atoms with van der Waals surface area (Å²) < 4.78 is 2.16. The molecule has 17 heavy (non-hydrogen) atoms. The van der Waals surface area contributed by atoms with Gasteiger partial charge in [0.25, 0.3) is 0 Å². The Morgan fingerprint density at radius 3 is 2.71 bits per heavy atom. The van der Waals surface area contributed by atoms with Crippen molar-refractivity contribution < 1.29 is 4.79 Å². The van der Waals surface area contributed by atoms with E-state index in [9.17, 15) is 4.79 Å². The average Bonchev–Trinajstić information content (AvgIpc) is 2.88. The second-order valence-corrected chi connectivity index (χ2v) is 5.33. The summed E-state index contributed by atoms with van der Waals surface area (Å²) in [4.78, 5) is 14.4. The van der Waals surface area contributed by atoms with Crippen LogP contribution in [0.5, 0.6) is 0 Å². The van der Waals surface area contributed by atoms with Gasteiger partial charge in [0.15, 0.2) is 5.78 Å². The van der Waals surface area contributed by atoms with E-state index >= 15 is 0 Å². The molecule has 0 radical (unpaired) electrons. The van der Waals surface area contributed by atoms with Crippen LogP contribution in [0.1, 0.15) is 36.0 Å². The minimum atomic E-state index is 0.337. The first kappa shape index (κ1) is 11.0. The topological polar surface area (TPSA) is 25.2 Å². The maximum Gasteiger partial charge on any atom is 0.167 e. The van der Waals surface area contributed by atoms with Crippen LogP contribution in [0.4, 0.5) is 0 Å². The highest BCUT2D eigenvalue weighted by Gasteiger charge is 2.30. The van der Waals surface area contributed by atoms with Crippen LogP contribution < -0.4 is 0 Å². The Hall–Kier alpha value is -1.09. The fourth-order valence-corrected chi connectivity index (χ4v) is 2.57. The van der Waals surface area contributed by atoms with Crippen molar-refractivity contribution in [2.45, 2.75) is 32.2 Å². The van der Waals surface area contributed by atoms with E-state index in [-0.39, 0.29) is 0 Å². The molecule has 1 saturated heterocycles. The predicted octanol–water partition coefficient (Wildman–Crippen LogP) is 2.18. The summed E-state index contributed by atoms with van der Waals surface area (Å²) >= 11 is 0. The number of hydrogen-bond donors (Lipinski definition) is 0. The maximum atomic E-state index is 11.9. The van der Waals surface area contributed by atoms with Crippen LogP contribution in [0.15, 0.2) is 18.5 Å². The van der Waals surface area contributed by atoms with E-state index in [1.165, 1.54) is 25.9 Å². The summed E-state index contributed by atoms with van der Waals surface area (Å²) in [5.41, 5.74) is 0.911. The molecule has 0 amide bonds. The van der Waals surface area contributed by atoms with Crippen LogP contribution in [-0.2, 0) is 6.54 Å². The smallest absolute Gasteiger partial charge is 0.167 e. The molecule has 0 atom stereocenters. The number of aromatic nitrogens is 1. The van der Waals surface area contributed by atoms with Crippen LogP contribution in [0.2, 0.25) is 0 Å². The van der Waals surface area contributed by atoms with Crippen LogP contribution in [0.25, 0.3) is 0 Å². The van der Waals surface area contributed by atoms with E-state index in [0.717, 1.165) is 31.5 Å². The third-order valence-corrected chi connectivity index (χ3v) is 3.86. The van der Waals surface area contributed by atoms with Gasteiger partial charge in [-0.25, -0.2) is 0 Å². The third kappa shape index (κ3) is 2.60. The van der Waals surface area contributed by atoms with Gasteiger partial charge >= 0.3 is 0 Å². The van der Waals surface area contributed by atoms with E-state index in [0.29, 0.717) is 11.7 Å². The second-order valence-electron chi connectivity index (χ2n) is 5.33. The number of carbonyl (C=O) groups excluding carboxylic acids is 1. The minimum Gasteiger partial charge on any atom is -0.352 e. The van der Waals surface area contributed by atoms with Gasteiger partial charge in [0, 0.05) is 37.0 Å². The Balaban J connectivity index is 1.54. The van der Waals surface area contributed by atoms with Gasteiger partial charge in [-0.15, -0.1) is 0 Å². The number of ketones is 1. The summed E-state index contributed by atoms with van der Waals surface area (Å²) in [6.45, 7) is 4.62. The number of rotatable bonds is 5. The fraction of sp³-hybridized carbons (Fsp3) is 0.643. The van der Waals surface area contributed by atoms with Crippen molar-refractivity contribution in [3.05, 3.63) is 24.0 Å². The highest BCUT2D eigenvalue weighted by atomic mass is 16.1. The summed E-state index contributed by atoms with van der Waals surface area (Å²) in [6.07, 6.45) is 8.95. The van der Waals surface area contributed by atoms with E-state index < -0.39 is 0 Å². The zero-order chi connectivity index (χ0) is 11.7. The molecule has 1 saturated carbocycles. The molecule has 1 aliphatic carbocycles. The lowest BCUT2D eigenvalue weighted by Gasteiger charge is -2.14. The van der Waals surface area contributed by atoms with Gasteiger partial charge in [0.2, 0.25) is 0 Å². The SMILES string of the molecule is O=C(c1ccn(CCN2CCCC2)c1)C1CC1. The standard InChI is InChI=1S/C14H20N2O/c17-14(12-3-4-12)13-5-8-16(11-13)10-9-15-6-1-2-7-15/h5,8,11-12H,1-4,6-7,9-10H2. The van der Waals surface area contributed by atoms with Crippen molar-refractivity contribution in [1.29, 1.82) is 0 Å². The molecule has 1 aromatic heterocycles. The zero-order valence-corrected chi connectivity index (χ0v) is 10.3. The molecule has 0 unspecified atom stereocenters. The fourth-order valence-electron chi connectivity index (χ4n) is 2.57. The van der Waals surface area contributed by atoms with Crippen LogP contribution >= 0.6 is 0 Å². The van der Waals surface area contributed by atoms with Gasteiger partial charge < -0.3 is 9.47 Å². The minimum absolute atomic E-state index is 0.337. The Morgan fingerprint density at radius 2 is 2.00 bits per heavy atom. The maximum absolute atomic E-state index is 11.9. The van der Waals surface area contributed by atoms with Gasteiger partial charge in [0.1, 0.15) is 0 Å². The lowest BCUT2D eigenvalue weighted by Crippen LogP contribution is -2.23. The predicted molar refractivity (Wildman–Crippen MR) is 67.2 cm³/mol. The first-order chi connectivity index (χ1) is 8.33. The molecule has 2 aliphatic rings. The van der Waals surface area contributed by atoms with E-state index in [4.69, 9.17) is 0 Å². The average molecular weight is 232 g/mol. The highest BCUT2D eigenvalue weighted by molar-refractivity contribution is 5.99. The molecule has 2 heterocycles. The quantitative estimate of drug-likeness (QED) is 0.727. The summed E-state index contributed by atoms with van der Waals surface area (Å²) in [5, 5.41) is 0. The molecular formula is C14H20N2O. The third-order valence-electron chi connectivity index (χ3n) is 3.86. The van der Waals surface area contributed by atoms with E-state index in [1.807, 2.05) is 18.5 Å². The number of hydrogen-bond acceptors (Lipinski definition) is 2. The van der Waals surface area contributed by atoms with Crippen molar-refractivity contribution in [2.75, 3.05) is 19.6 Å². The Bertz CT molecular complexity index is 400. The van der Waals surface area contributed by atoms with Gasteiger partial charge in [-0.05, 0) is 44.8 Å². The van der Waals surface area contributed by atoms with Gasteiger partial charge in [-0.1, -0.05) is 0 Å². The lowest BCUT2D eigenvalue weighted by molar-refractivity contribution is 0.0967. The van der Waals surface area contributed by atoms with Gasteiger partial charge in [-0.2, -0.15) is 0 Å². The summed E-state index contributed by atoms with van der Waals surface area (Å²) in [7, 11) is 0. The van der Waals surface area contributed by atoms with Crippen LogP contribution in [0, 0.1) is 5.92 Å². The highest BCUT2D eigenvalue weighted by Crippen LogP contribution is 2.32. The Morgan fingerprint density at radius 1 is 1.24 bits per heavy atom. The number of Topliss-reactive ketones (excluding diaryl/α,β-unsaturated/α-hetero) is 1. The normalized spacial score (nSPS) is 20.9. The number of carbonyl (C=O) groups is 1. The summed E-state index contributed by atoms with van der Waals surface area (Å²) in [5.74, 6) is 0.689. The van der Waals surface area contributed by atoms with Crippen molar-refractivity contribution >= 4 is 5.78 Å². The number of nitrogens with zero attached hydrogens (tertiary/aromatic N) is 2. The van der Waals surface area contributed by atoms with E-state index in [1.54, 1.807) is 0 Å². The molecule has 0 spiro atoms. The first-order valence-electron chi connectivity index (χ1n) is 6.75. The Kier molecular flexibility index (Phi) is 3.02. The van der Waals surface area contributed by atoms with Gasteiger partial charge in [-0.3, -0.25) is 4.79 Å². The van der Waals surface area contributed by atoms with Crippen molar-refractivity contribution in [1.82, 2.24) is 9.47 Å². The molecule has 0 aromatic carbocycles. The molecule has 3 heteroatoms. The van der Waals surface area contributed by atoms with E-state index in [2.05, 4.69) is 9.47 Å². The molecule has 1 aliphatic heterocycles. The lowest BCUT2D eigenvalue weighted by atomic mass is 10.1. The largest absolute Gasteiger partial charge is 0.352 e.